The van der Waals surface area contributed by atoms with Crippen LogP contribution in [0.1, 0.15) is 17.8 Å². The van der Waals surface area contributed by atoms with Gasteiger partial charge in [-0.2, -0.15) is 0 Å². The van der Waals surface area contributed by atoms with Crippen molar-refractivity contribution in [3.05, 3.63) is 40.7 Å². The zero-order valence-electron chi connectivity index (χ0n) is 8.97. The van der Waals surface area contributed by atoms with Crippen LogP contribution in [-0.2, 0) is 0 Å². The van der Waals surface area contributed by atoms with E-state index in [0.29, 0.717) is 5.82 Å². The zero-order valence-corrected chi connectivity index (χ0v) is 9.79. The Balaban J connectivity index is 2.08. The molecular formula is C11H14N4S. The number of hydrogen-bond donors (Lipinski definition) is 3. The van der Waals surface area contributed by atoms with E-state index in [0.717, 1.165) is 5.69 Å². The minimum atomic E-state index is 0.285. The molecule has 2 heterocycles. The zero-order chi connectivity index (χ0) is 11.4. The molecule has 2 aromatic rings. The van der Waals surface area contributed by atoms with E-state index in [9.17, 15) is 0 Å². The summed E-state index contributed by atoms with van der Waals surface area (Å²) < 4.78 is 0. The minimum Gasteiger partial charge on any atom is -0.378 e. The summed E-state index contributed by atoms with van der Waals surface area (Å²) in [6, 6.07) is 8.26. The molecule has 0 aliphatic carbocycles. The molecule has 0 aromatic carbocycles. The van der Waals surface area contributed by atoms with Crippen LogP contribution in [0.4, 0.5) is 11.5 Å². The summed E-state index contributed by atoms with van der Waals surface area (Å²) in [6.45, 7) is 2.13. The van der Waals surface area contributed by atoms with Gasteiger partial charge in [0, 0.05) is 22.8 Å². The number of rotatable bonds is 4. The third-order valence-corrected chi connectivity index (χ3v) is 3.32. The average molecular weight is 234 g/mol. The standard InChI is InChI=1S/C11H14N4S/c1-8(10-3-2-6-16-10)14-9-4-5-13-11(7-9)15-12/h2-8H,12H2,1H3,(H2,13,14,15). The number of nitrogens with one attached hydrogen (secondary N) is 2. The molecule has 2 rings (SSSR count). The van der Waals surface area contributed by atoms with Crippen LogP contribution in [0.5, 0.6) is 0 Å². The highest BCUT2D eigenvalue weighted by Gasteiger charge is 2.06. The highest BCUT2D eigenvalue weighted by atomic mass is 32.1. The Morgan fingerprint density at radius 3 is 3.00 bits per heavy atom. The van der Waals surface area contributed by atoms with Crippen LogP contribution in [-0.4, -0.2) is 4.98 Å². The summed E-state index contributed by atoms with van der Waals surface area (Å²) in [7, 11) is 0. The van der Waals surface area contributed by atoms with Crippen LogP contribution < -0.4 is 16.6 Å². The largest absolute Gasteiger partial charge is 0.378 e. The molecule has 0 radical (unpaired) electrons. The predicted molar refractivity (Wildman–Crippen MR) is 68.4 cm³/mol. The summed E-state index contributed by atoms with van der Waals surface area (Å²) in [5, 5.41) is 5.47. The van der Waals surface area contributed by atoms with E-state index >= 15 is 0 Å². The van der Waals surface area contributed by atoms with Gasteiger partial charge in [-0.25, -0.2) is 10.8 Å². The van der Waals surface area contributed by atoms with Gasteiger partial charge in [0.15, 0.2) is 0 Å². The molecule has 4 N–H and O–H groups in total. The second-order valence-electron chi connectivity index (χ2n) is 3.46. The molecule has 2 aromatic heterocycles. The van der Waals surface area contributed by atoms with Crippen molar-refractivity contribution in [2.24, 2.45) is 5.84 Å². The lowest BCUT2D eigenvalue weighted by atomic mass is 10.2. The second kappa shape index (κ2) is 4.96. The monoisotopic (exact) mass is 234 g/mol. The van der Waals surface area contributed by atoms with E-state index in [-0.39, 0.29) is 6.04 Å². The molecular weight excluding hydrogens is 220 g/mol. The maximum atomic E-state index is 5.31. The highest BCUT2D eigenvalue weighted by molar-refractivity contribution is 7.10. The van der Waals surface area contributed by atoms with Crippen molar-refractivity contribution >= 4 is 22.8 Å². The molecule has 16 heavy (non-hydrogen) atoms. The topological polar surface area (TPSA) is 63.0 Å². The molecule has 1 unspecified atom stereocenters. The maximum Gasteiger partial charge on any atom is 0.141 e. The number of anilines is 2. The summed E-state index contributed by atoms with van der Waals surface area (Å²) in [4.78, 5) is 5.36. The number of hydrogen-bond acceptors (Lipinski definition) is 5. The Hall–Kier alpha value is -1.59. The first kappa shape index (κ1) is 10.9. The number of nitrogens with two attached hydrogens (primary N) is 1. The Labute approximate surface area is 98.5 Å². The van der Waals surface area contributed by atoms with E-state index in [1.807, 2.05) is 12.1 Å². The average Bonchev–Trinajstić information content (AvgIpc) is 2.83. The summed E-state index contributed by atoms with van der Waals surface area (Å²) in [5.41, 5.74) is 3.53. The molecule has 4 nitrogen and oxygen atoms in total. The normalized spacial score (nSPS) is 12.1. The first-order chi connectivity index (χ1) is 7.79. The summed E-state index contributed by atoms with van der Waals surface area (Å²) in [5.74, 6) is 5.96. The van der Waals surface area contributed by atoms with E-state index in [2.05, 4.69) is 40.2 Å². The van der Waals surface area contributed by atoms with Crippen LogP contribution in [0.2, 0.25) is 0 Å². The van der Waals surface area contributed by atoms with Gasteiger partial charge in [0.05, 0.1) is 6.04 Å². The fourth-order valence-corrected chi connectivity index (χ4v) is 2.19. The molecule has 0 fully saturated rings. The van der Waals surface area contributed by atoms with Gasteiger partial charge in [-0.05, 0) is 24.4 Å². The van der Waals surface area contributed by atoms with Crippen LogP contribution in [0.3, 0.4) is 0 Å². The van der Waals surface area contributed by atoms with Crippen LogP contribution in [0.15, 0.2) is 35.8 Å². The number of nitrogens with zero attached hydrogens (tertiary/aromatic N) is 1. The van der Waals surface area contributed by atoms with Gasteiger partial charge >= 0.3 is 0 Å². The number of aromatic nitrogens is 1. The van der Waals surface area contributed by atoms with Gasteiger partial charge in [-0.15, -0.1) is 11.3 Å². The molecule has 1 atom stereocenters. The van der Waals surface area contributed by atoms with Crippen molar-refractivity contribution in [2.75, 3.05) is 10.7 Å². The Kier molecular flexibility index (Phi) is 3.38. The van der Waals surface area contributed by atoms with Crippen LogP contribution in [0, 0.1) is 0 Å². The molecule has 0 spiro atoms. The first-order valence-electron chi connectivity index (χ1n) is 5.02. The molecule has 0 aliphatic heterocycles. The lowest BCUT2D eigenvalue weighted by Gasteiger charge is -2.14. The number of hydrazine groups is 1. The number of nitrogen functional groups attached to an aromatic ring is 1. The number of pyridine rings is 1. The van der Waals surface area contributed by atoms with Gasteiger partial charge in [0.1, 0.15) is 5.82 Å². The molecule has 84 valence electrons. The second-order valence-corrected chi connectivity index (χ2v) is 4.43. The fraction of sp³-hybridized carbons (Fsp3) is 0.182. The molecule has 0 saturated carbocycles. The van der Waals surface area contributed by atoms with Crippen molar-refractivity contribution in [3.8, 4) is 0 Å². The van der Waals surface area contributed by atoms with Gasteiger partial charge in [0.25, 0.3) is 0 Å². The molecule has 0 bridgehead atoms. The van der Waals surface area contributed by atoms with Crippen molar-refractivity contribution in [3.63, 3.8) is 0 Å². The Morgan fingerprint density at radius 1 is 1.44 bits per heavy atom. The fourth-order valence-electron chi connectivity index (χ4n) is 1.46. The van der Waals surface area contributed by atoms with E-state index in [4.69, 9.17) is 5.84 Å². The summed E-state index contributed by atoms with van der Waals surface area (Å²) >= 11 is 1.74. The Morgan fingerprint density at radius 2 is 2.31 bits per heavy atom. The van der Waals surface area contributed by atoms with E-state index < -0.39 is 0 Å². The number of thiophene rings is 1. The Bertz CT molecular complexity index is 441. The lowest BCUT2D eigenvalue weighted by Crippen LogP contribution is -2.10. The van der Waals surface area contributed by atoms with Crippen molar-refractivity contribution in [1.29, 1.82) is 0 Å². The van der Waals surface area contributed by atoms with Crippen LogP contribution in [0.25, 0.3) is 0 Å². The van der Waals surface area contributed by atoms with Gasteiger partial charge < -0.3 is 10.7 Å². The molecule has 0 amide bonds. The van der Waals surface area contributed by atoms with Crippen molar-refractivity contribution < 1.29 is 0 Å². The quantitative estimate of drug-likeness (QED) is 0.562. The third-order valence-electron chi connectivity index (χ3n) is 2.26. The molecule has 0 aliphatic rings. The SMILES string of the molecule is CC(Nc1ccnc(NN)c1)c1cccs1. The first-order valence-corrected chi connectivity index (χ1v) is 5.90. The van der Waals surface area contributed by atoms with E-state index in [1.54, 1.807) is 17.5 Å². The molecule has 5 heteroatoms. The van der Waals surface area contributed by atoms with Gasteiger partial charge in [-0.1, -0.05) is 6.07 Å². The van der Waals surface area contributed by atoms with Crippen LogP contribution >= 0.6 is 11.3 Å². The van der Waals surface area contributed by atoms with E-state index in [1.165, 1.54) is 4.88 Å². The smallest absolute Gasteiger partial charge is 0.141 e. The molecule has 0 saturated heterocycles. The van der Waals surface area contributed by atoms with Crippen molar-refractivity contribution in [2.45, 2.75) is 13.0 Å². The third kappa shape index (κ3) is 2.50. The maximum absolute atomic E-state index is 5.31. The highest BCUT2D eigenvalue weighted by Crippen LogP contribution is 2.23. The van der Waals surface area contributed by atoms with Gasteiger partial charge in [0.2, 0.25) is 0 Å². The van der Waals surface area contributed by atoms with Gasteiger partial charge in [-0.3, -0.25) is 0 Å². The predicted octanol–water partition coefficient (Wildman–Crippen LogP) is 2.60. The summed E-state index contributed by atoms with van der Waals surface area (Å²) in [6.07, 6.45) is 1.72. The van der Waals surface area contributed by atoms with Crippen molar-refractivity contribution in [1.82, 2.24) is 4.98 Å². The minimum absolute atomic E-state index is 0.285. The lowest BCUT2D eigenvalue weighted by molar-refractivity contribution is 0.907.